The highest BCUT2D eigenvalue weighted by Crippen LogP contribution is 2.18. The molecule has 0 radical (unpaired) electrons. The maximum atomic E-state index is 12.0. The van der Waals surface area contributed by atoms with Gasteiger partial charge in [-0.05, 0) is 43.7 Å². The summed E-state index contributed by atoms with van der Waals surface area (Å²) in [6.45, 7) is 5.00. The predicted octanol–water partition coefficient (Wildman–Crippen LogP) is 3.62. The number of aryl methyl sites for hydroxylation is 2. The SMILES string of the molecule is Cc1ccc(OCCC(=O)NCCc2ccn(-c3ccccc3)n2)c(C)c1. The molecule has 1 aromatic heterocycles. The van der Waals surface area contributed by atoms with E-state index in [4.69, 9.17) is 4.74 Å². The average molecular weight is 363 g/mol. The van der Waals surface area contributed by atoms with Crippen molar-refractivity contribution in [3.05, 3.63) is 77.6 Å². The molecule has 0 unspecified atom stereocenters. The Bertz CT molecular complexity index is 888. The number of benzene rings is 2. The lowest BCUT2D eigenvalue weighted by Gasteiger charge is -2.10. The van der Waals surface area contributed by atoms with Gasteiger partial charge in [-0.2, -0.15) is 5.10 Å². The molecule has 0 fully saturated rings. The molecule has 0 bridgehead atoms. The third kappa shape index (κ3) is 5.45. The fourth-order valence-corrected chi connectivity index (χ4v) is 2.85. The van der Waals surface area contributed by atoms with Crippen LogP contribution in [-0.2, 0) is 11.2 Å². The van der Waals surface area contributed by atoms with E-state index in [1.165, 1.54) is 5.56 Å². The van der Waals surface area contributed by atoms with Crippen LogP contribution in [0.3, 0.4) is 0 Å². The van der Waals surface area contributed by atoms with Gasteiger partial charge in [0.05, 0.1) is 24.4 Å². The Kier molecular flexibility index (Phi) is 6.26. The van der Waals surface area contributed by atoms with Gasteiger partial charge in [0.15, 0.2) is 0 Å². The van der Waals surface area contributed by atoms with Crippen molar-refractivity contribution in [1.29, 1.82) is 0 Å². The van der Waals surface area contributed by atoms with Crippen molar-refractivity contribution in [2.45, 2.75) is 26.7 Å². The lowest BCUT2D eigenvalue weighted by atomic mass is 10.1. The monoisotopic (exact) mass is 363 g/mol. The number of hydrogen-bond donors (Lipinski definition) is 1. The van der Waals surface area contributed by atoms with Gasteiger partial charge in [-0.15, -0.1) is 0 Å². The third-order valence-corrected chi connectivity index (χ3v) is 4.29. The molecule has 1 amide bonds. The first kappa shape index (κ1) is 18.7. The Morgan fingerprint density at radius 2 is 1.93 bits per heavy atom. The number of para-hydroxylation sites is 1. The molecule has 0 spiro atoms. The Morgan fingerprint density at radius 3 is 2.70 bits per heavy atom. The Hall–Kier alpha value is -3.08. The smallest absolute Gasteiger partial charge is 0.223 e. The van der Waals surface area contributed by atoms with E-state index in [2.05, 4.69) is 16.5 Å². The van der Waals surface area contributed by atoms with E-state index in [0.29, 0.717) is 26.0 Å². The number of nitrogens with one attached hydrogen (secondary N) is 1. The van der Waals surface area contributed by atoms with Crippen LogP contribution in [-0.4, -0.2) is 28.8 Å². The number of nitrogens with zero attached hydrogens (tertiary/aromatic N) is 2. The van der Waals surface area contributed by atoms with Crippen molar-refractivity contribution in [1.82, 2.24) is 15.1 Å². The summed E-state index contributed by atoms with van der Waals surface area (Å²) in [6.07, 6.45) is 2.97. The van der Waals surface area contributed by atoms with Crippen LogP contribution >= 0.6 is 0 Å². The number of carbonyl (C=O) groups is 1. The van der Waals surface area contributed by atoms with Crippen LogP contribution in [0.25, 0.3) is 5.69 Å². The minimum absolute atomic E-state index is 0.0118. The summed E-state index contributed by atoms with van der Waals surface area (Å²) in [5.41, 5.74) is 4.26. The average Bonchev–Trinajstić information content (AvgIpc) is 3.13. The highest BCUT2D eigenvalue weighted by atomic mass is 16.5. The molecule has 27 heavy (non-hydrogen) atoms. The minimum atomic E-state index is -0.0118. The number of amides is 1. The first-order chi connectivity index (χ1) is 13.1. The summed E-state index contributed by atoms with van der Waals surface area (Å²) in [4.78, 5) is 12.0. The highest BCUT2D eigenvalue weighted by molar-refractivity contribution is 5.75. The van der Waals surface area contributed by atoms with Crippen molar-refractivity contribution in [3.8, 4) is 11.4 Å². The molecule has 0 aliphatic carbocycles. The van der Waals surface area contributed by atoms with E-state index in [1.54, 1.807) is 0 Å². The number of aromatic nitrogens is 2. The Balaban J connectivity index is 1.38. The maximum absolute atomic E-state index is 12.0. The lowest BCUT2D eigenvalue weighted by Crippen LogP contribution is -2.27. The number of ether oxygens (including phenoxy) is 1. The molecule has 0 atom stereocenters. The van der Waals surface area contributed by atoms with Crippen molar-refractivity contribution in [2.24, 2.45) is 0 Å². The van der Waals surface area contributed by atoms with Gasteiger partial charge in [0.25, 0.3) is 0 Å². The van der Waals surface area contributed by atoms with E-state index < -0.39 is 0 Å². The molecule has 5 nitrogen and oxygen atoms in total. The molecule has 3 rings (SSSR count). The van der Waals surface area contributed by atoms with Gasteiger partial charge < -0.3 is 10.1 Å². The molecule has 0 saturated carbocycles. The number of rotatable bonds is 8. The molecule has 0 aliphatic heterocycles. The second-order valence-corrected chi connectivity index (χ2v) is 6.55. The number of hydrogen-bond acceptors (Lipinski definition) is 3. The molecule has 5 heteroatoms. The molecule has 140 valence electrons. The number of carbonyl (C=O) groups excluding carboxylic acids is 1. The molecule has 3 aromatic rings. The van der Waals surface area contributed by atoms with E-state index in [0.717, 1.165) is 22.7 Å². The van der Waals surface area contributed by atoms with Crippen LogP contribution in [0.5, 0.6) is 5.75 Å². The van der Waals surface area contributed by atoms with Gasteiger partial charge in [-0.25, -0.2) is 4.68 Å². The first-order valence-electron chi connectivity index (χ1n) is 9.18. The minimum Gasteiger partial charge on any atom is -0.493 e. The fourth-order valence-electron chi connectivity index (χ4n) is 2.85. The zero-order chi connectivity index (χ0) is 19.1. The second-order valence-electron chi connectivity index (χ2n) is 6.55. The molecule has 0 aliphatic rings. The molecular formula is C22H25N3O2. The van der Waals surface area contributed by atoms with Crippen molar-refractivity contribution in [2.75, 3.05) is 13.2 Å². The van der Waals surface area contributed by atoms with E-state index >= 15 is 0 Å². The molecule has 2 aromatic carbocycles. The Labute approximate surface area is 160 Å². The van der Waals surface area contributed by atoms with E-state index in [-0.39, 0.29) is 5.91 Å². The predicted molar refractivity (Wildman–Crippen MR) is 106 cm³/mol. The highest BCUT2D eigenvalue weighted by Gasteiger charge is 2.05. The Morgan fingerprint density at radius 1 is 1.11 bits per heavy atom. The van der Waals surface area contributed by atoms with Crippen LogP contribution in [0.4, 0.5) is 0 Å². The topological polar surface area (TPSA) is 56.1 Å². The van der Waals surface area contributed by atoms with Crippen LogP contribution in [0.1, 0.15) is 23.2 Å². The van der Waals surface area contributed by atoms with Gasteiger partial charge in [-0.1, -0.05) is 35.9 Å². The van der Waals surface area contributed by atoms with Gasteiger partial charge >= 0.3 is 0 Å². The summed E-state index contributed by atoms with van der Waals surface area (Å²) in [6, 6.07) is 18.0. The van der Waals surface area contributed by atoms with Gasteiger partial charge in [0, 0.05) is 19.2 Å². The normalized spacial score (nSPS) is 10.6. The van der Waals surface area contributed by atoms with Gasteiger partial charge in [0.2, 0.25) is 5.91 Å². The summed E-state index contributed by atoms with van der Waals surface area (Å²) >= 11 is 0. The summed E-state index contributed by atoms with van der Waals surface area (Å²) in [7, 11) is 0. The van der Waals surface area contributed by atoms with E-state index in [9.17, 15) is 4.79 Å². The van der Waals surface area contributed by atoms with Crippen LogP contribution in [0.15, 0.2) is 60.8 Å². The van der Waals surface area contributed by atoms with Gasteiger partial charge in [-0.3, -0.25) is 4.79 Å². The molecule has 0 saturated heterocycles. The summed E-state index contributed by atoms with van der Waals surface area (Å²) in [5, 5.41) is 7.46. The standard InChI is InChI=1S/C22H25N3O2/c1-17-8-9-21(18(2)16-17)27-15-12-22(26)23-13-10-19-11-14-25(24-19)20-6-4-3-5-7-20/h3-9,11,14,16H,10,12-13,15H2,1-2H3,(H,23,26). The van der Waals surface area contributed by atoms with Crippen molar-refractivity contribution < 1.29 is 9.53 Å². The fraction of sp³-hybridized carbons (Fsp3) is 0.273. The van der Waals surface area contributed by atoms with Crippen molar-refractivity contribution in [3.63, 3.8) is 0 Å². The maximum Gasteiger partial charge on any atom is 0.223 e. The lowest BCUT2D eigenvalue weighted by molar-refractivity contribution is -0.121. The molecule has 1 heterocycles. The van der Waals surface area contributed by atoms with Crippen LogP contribution < -0.4 is 10.1 Å². The summed E-state index contributed by atoms with van der Waals surface area (Å²) < 4.78 is 7.55. The molecular weight excluding hydrogens is 338 g/mol. The third-order valence-electron chi connectivity index (χ3n) is 4.29. The first-order valence-corrected chi connectivity index (χ1v) is 9.18. The quantitative estimate of drug-likeness (QED) is 0.665. The van der Waals surface area contributed by atoms with E-state index in [1.807, 2.05) is 73.3 Å². The van der Waals surface area contributed by atoms with Crippen LogP contribution in [0, 0.1) is 13.8 Å². The van der Waals surface area contributed by atoms with Gasteiger partial charge in [0.1, 0.15) is 5.75 Å². The largest absolute Gasteiger partial charge is 0.493 e. The van der Waals surface area contributed by atoms with Crippen molar-refractivity contribution >= 4 is 5.91 Å². The summed E-state index contributed by atoms with van der Waals surface area (Å²) in [5.74, 6) is 0.821. The molecule has 1 N–H and O–H groups in total. The zero-order valence-electron chi connectivity index (χ0n) is 15.8. The van der Waals surface area contributed by atoms with Crippen LogP contribution in [0.2, 0.25) is 0 Å². The zero-order valence-corrected chi connectivity index (χ0v) is 15.8. The second kappa shape index (κ2) is 9.03.